The Morgan fingerprint density at radius 1 is 1.10 bits per heavy atom. The van der Waals surface area contributed by atoms with Crippen LogP contribution in [0.5, 0.6) is 0 Å². The summed E-state index contributed by atoms with van der Waals surface area (Å²) in [5, 5.41) is 5.98. The van der Waals surface area contributed by atoms with Gasteiger partial charge < -0.3 is 15.5 Å². The molecule has 0 aliphatic heterocycles. The van der Waals surface area contributed by atoms with Crippen LogP contribution in [-0.4, -0.2) is 41.1 Å². The molecule has 0 radical (unpaired) electrons. The van der Waals surface area contributed by atoms with Crippen LogP contribution in [0, 0.1) is 12.7 Å². The zero-order valence-corrected chi connectivity index (χ0v) is 25.6. The predicted molar refractivity (Wildman–Crippen MR) is 168 cm³/mol. The highest BCUT2D eigenvalue weighted by molar-refractivity contribution is 7.14. The Morgan fingerprint density at radius 3 is 2.50 bits per heavy atom. The first-order valence-corrected chi connectivity index (χ1v) is 15.1. The number of pyridine rings is 1. The number of Topliss-reactive ketones (excluding diaryl/α,β-unsaturated/α-hetero) is 1. The van der Waals surface area contributed by atoms with Crippen LogP contribution in [-0.2, 0) is 17.6 Å². The Morgan fingerprint density at radius 2 is 1.86 bits per heavy atom. The van der Waals surface area contributed by atoms with E-state index in [2.05, 4.69) is 15.6 Å². The van der Waals surface area contributed by atoms with Crippen molar-refractivity contribution < 1.29 is 18.8 Å². The van der Waals surface area contributed by atoms with E-state index in [4.69, 9.17) is 0 Å². The molecule has 220 valence electrons. The third-order valence-corrected chi connectivity index (χ3v) is 8.71. The average Bonchev–Trinajstić information content (AvgIpc) is 3.45. The molecule has 2 amide bonds. The molecular weight excluding hydrogens is 551 g/mol. The maximum absolute atomic E-state index is 14.9. The number of rotatable bonds is 10. The molecule has 0 fully saturated rings. The molecule has 0 spiro atoms. The van der Waals surface area contributed by atoms with Gasteiger partial charge in [0.05, 0.1) is 16.1 Å². The summed E-state index contributed by atoms with van der Waals surface area (Å²) in [4.78, 5) is 46.3. The number of carbonyl (C=O) groups excluding carboxylic acids is 3. The number of halogens is 1. The molecule has 7 nitrogen and oxygen atoms in total. The van der Waals surface area contributed by atoms with Crippen molar-refractivity contribution in [1.29, 1.82) is 0 Å². The van der Waals surface area contributed by atoms with Crippen LogP contribution < -0.4 is 10.6 Å². The van der Waals surface area contributed by atoms with Gasteiger partial charge in [-0.3, -0.25) is 14.4 Å². The monoisotopic (exact) mass is 588 g/mol. The van der Waals surface area contributed by atoms with E-state index in [9.17, 15) is 18.8 Å². The van der Waals surface area contributed by atoms with Gasteiger partial charge in [-0.1, -0.05) is 13.0 Å². The number of amides is 2. The SMILES string of the molecule is C/C=C(\C=C(\Nc1ccc(C(=O)N(C)CC)cn1)C(=O)CC)c1cc(F)cc(NC(=O)c2cc3c(s2)CCCC3)c1C. The molecule has 2 heterocycles. The number of nitrogens with one attached hydrogen (secondary N) is 2. The largest absolute Gasteiger partial charge is 0.342 e. The fourth-order valence-corrected chi connectivity index (χ4v) is 5.99. The number of anilines is 2. The number of nitrogens with zero attached hydrogens (tertiary/aromatic N) is 2. The lowest BCUT2D eigenvalue weighted by atomic mass is 9.96. The number of benzene rings is 1. The second-order valence-corrected chi connectivity index (χ2v) is 11.4. The summed E-state index contributed by atoms with van der Waals surface area (Å²) < 4.78 is 14.9. The van der Waals surface area contributed by atoms with Crippen LogP contribution in [0.2, 0.25) is 0 Å². The highest BCUT2D eigenvalue weighted by Crippen LogP contribution is 2.32. The van der Waals surface area contributed by atoms with E-state index >= 15 is 0 Å². The topological polar surface area (TPSA) is 91.4 Å². The van der Waals surface area contributed by atoms with Crippen molar-refractivity contribution in [1.82, 2.24) is 9.88 Å². The lowest BCUT2D eigenvalue weighted by Gasteiger charge is -2.16. The van der Waals surface area contributed by atoms with Crippen LogP contribution >= 0.6 is 11.3 Å². The van der Waals surface area contributed by atoms with Crippen LogP contribution in [0.3, 0.4) is 0 Å². The van der Waals surface area contributed by atoms with E-state index in [1.807, 2.05) is 26.8 Å². The number of hydrogen-bond acceptors (Lipinski definition) is 6. The van der Waals surface area contributed by atoms with Gasteiger partial charge in [-0.25, -0.2) is 9.37 Å². The number of hydrogen-bond donors (Lipinski definition) is 2. The van der Waals surface area contributed by atoms with Gasteiger partial charge in [-0.15, -0.1) is 11.3 Å². The minimum Gasteiger partial charge on any atom is -0.342 e. The molecule has 4 rings (SSSR count). The minimum atomic E-state index is -0.501. The third-order valence-electron chi connectivity index (χ3n) is 7.48. The first kappa shape index (κ1) is 30.8. The molecular formula is C33H37FN4O3S. The Labute approximate surface area is 250 Å². The van der Waals surface area contributed by atoms with Crippen LogP contribution in [0.4, 0.5) is 15.9 Å². The standard InChI is InChI=1S/C33H37FN4O3S/c1-6-21(15-27(28(39)7-2)36-31-14-13-23(19-35-31)33(41)38(5)8-3)25-17-24(34)18-26(20(25)4)37-32(40)30-16-22-11-9-10-12-29(22)42-30/h6,13-19H,7-12H2,1-5H3,(H,35,36)(H,37,40)/b21-6+,27-15+. The lowest BCUT2D eigenvalue weighted by molar-refractivity contribution is -0.115. The van der Waals surface area contributed by atoms with Gasteiger partial charge in [0.1, 0.15) is 11.6 Å². The summed E-state index contributed by atoms with van der Waals surface area (Å²) in [7, 11) is 1.72. The molecule has 1 aliphatic carbocycles. The molecule has 0 atom stereocenters. The quantitative estimate of drug-likeness (QED) is 0.193. The zero-order chi connectivity index (χ0) is 30.4. The molecule has 1 aliphatic rings. The maximum Gasteiger partial charge on any atom is 0.265 e. The smallest absolute Gasteiger partial charge is 0.265 e. The molecule has 2 aromatic heterocycles. The fourth-order valence-electron chi connectivity index (χ4n) is 4.84. The summed E-state index contributed by atoms with van der Waals surface area (Å²) in [6, 6.07) is 7.98. The van der Waals surface area contributed by atoms with Crippen molar-refractivity contribution in [3.63, 3.8) is 0 Å². The van der Waals surface area contributed by atoms with Crippen molar-refractivity contribution in [2.45, 2.75) is 59.8 Å². The molecule has 42 heavy (non-hydrogen) atoms. The number of fused-ring (bicyclic) bond motifs is 1. The summed E-state index contributed by atoms with van der Waals surface area (Å²) in [6.45, 7) is 7.85. The van der Waals surface area contributed by atoms with E-state index < -0.39 is 5.82 Å². The third kappa shape index (κ3) is 7.02. The van der Waals surface area contributed by atoms with E-state index in [0.717, 1.165) is 25.7 Å². The van der Waals surface area contributed by atoms with Crippen molar-refractivity contribution in [3.8, 4) is 0 Å². The predicted octanol–water partition coefficient (Wildman–Crippen LogP) is 7.19. The minimum absolute atomic E-state index is 0.142. The van der Waals surface area contributed by atoms with Gasteiger partial charge in [-0.2, -0.15) is 0 Å². The first-order chi connectivity index (χ1) is 20.1. The molecule has 2 N–H and O–H groups in total. The van der Waals surface area contributed by atoms with Crippen LogP contribution in [0.1, 0.15) is 81.6 Å². The lowest BCUT2D eigenvalue weighted by Crippen LogP contribution is -2.26. The molecule has 9 heteroatoms. The summed E-state index contributed by atoms with van der Waals surface area (Å²) in [5.41, 5.74) is 4.18. The number of carbonyl (C=O) groups is 3. The van der Waals surface area contributed by atoms with Gasteiger partial charge in [0.25, 0.3) is 11.8 Å². The van der Waals surface area contributed by atoms with Gasteiger partial charge in [0.2, 0.25) is 0 Å². The number of allylic oxidation sites excluding steroid dienone is 4. The Kier molecular flexibility index (Phi) is 10.1. The van der Waals surface area contributed by atoms with Gasteiger partial charge in [0, 0.05) is 36.8 Å². The Hall–Kier alpha value is -4.11. The first-order valence-electron chi connectivity index (χ1n) is 14.3. The Balaban J connectivity index is 1.61. The average molecular weight is 589 g/mol. The van der Waals surface area contributed by atoms with Gasteiger partial charge in [-0.05, 0) is 105 Å². The maximum atomic E-state index is 14.9. The van der Waals surface area contributed by atoms with Gasteiger partial charge >= 0.3 is 0 Å². The molecule has 0 bridgehead atoms. The second kappa shape index (κ2) is 13.7. The van der Waals surface area contributed by atoms with Crippen molar-refractivity contribution in [2.24, 2.45) is 0 Å². The van der Waals surface area contributed by atoms with Gasteiger partial charge in [0.15, 0.2) is 5.78 Å². The van der Waals surface area contributed by atoms with Crippen LogP contribution in [0.25, 0.3) is 5.57 Å². The normalized spacial score (nSPS) is 13.4. The molecule has 3 aromatic rings. The molecule has 1 aromatic carbocycles. The molecule has 0 saturated heterocycles. The zero-order valence-electron chi connectivity index (χ0n) is 24.8. The number of aromatic nitrogens is 1. The number of aryl methyl sites for hydroxylation is 2. The Bertz CT molecular complexity index is 1530. The summed E-state index contributed by atoms with van der Waals surface area (Å²) in [6.07, 6.45) is 9.41. The molecule has 0 saturated carbocycles. The van der Waals surface area contributed by atoms with Crippen molar-refractivity contribution >= 4 is 46.0 Å². The molecule has 0 unspecified atom stereocenters. The summed E-state index contributed by atoms with van der Waals surface area (Å²) >= 11 is 1.51. The fraction of sp³-hybridized carbons (Fsp3) is 0.333. The van der Waals surface area contributed by atoms with Crippen LogP contribution in [0.15, 0.2) is 54.4 Å². The highest BCUT2D eigenvalue weighted by atomic mass is 32.1. The van der Waals surface area contributed by atoms with Crippen molar-refractivity contribution in [3.05, 3.63) is 92.2 Å². The van der Waals surface area contributed by atoms with Crippen molar-refractivity contribution in [2.75, 3.05) is 24.2 Å². The summed E-state index contributed by atoms with van der Waals surface area (Å²) in [5.74, 6) is -0.660. The number of ketones is 1. The number of thiophene rings is 1. The van der Waals surface area contributed by atoms with E-state index in [1.165, 1.54) is 40.1 Å². The van der Waals surface area contributed by atoms with E-state index in [0.29, 0.717) is 45.2 Å². The van der Waals surface area contributed by atoms with E-state index in [-0.39, 0.29) is 29.7 Å². The van der Waals surface area contributed by atoms with E-state index in [1.54, 1.807) is 43.2 Å². The highest BCUT2D eigenvalue weighted by Gasteiger charge is 2.20. The second-order valence-electron chi connectivity index (χ2n) is 10.3.